The fourth-order valence-electron chi connectivity index (χ4n) is 3.66. The van der Waals surface area contributed by atoms with Gasteiger partial charge in [-0.1, -0.05) is 47.5 Å². The molecular weight excluding hydrogens is 513 g/mol. The predicted octanol–water partition coefficient (Wildman–Crippen LogP) is 6.87. The standard InChI is InChI=1S/C28H27Cl2N3O4/c1-3-35-24-12-11-19(14-26(24)36-4-2)16-33-17-22(15-31-33)32-28(34)21-8-5-7-20(13-21)18-37-25-10-6-9-23(29)27(25)30/h5-15,17H,3-4,16,18H2,1-2H3,(H,32,34). The fourth-order valence-corrected chi connectivity index (χ4v) is 4.00. The molecule has 0 aliphatic heterocycles. The zero-order chi connectivity index (χ0) is 26.2. The average Bonchev–Trinajstić information content (AvgIpc) is 3.33. The summed E-state index contributed by atoms with van der Waals surface area (Å²) in [4.78, 5) is 12.9. The summed E-state index contributed by atoms with van der Waals surface area (Å²) in [5.41, 5.74) is 2.91. The minimum atomic E-state index is -0.248. The molecule has 0 radical (unpaired) electrons. The van der Waals surface area contributed by atoms with E-state index in [1.165, 1.54) is 0 Å². The number of halogens is 2. The molecule has 0 bridgehead atoms. The predicted molar refractivity (Wildman–Crippen MR) is 145 cm³/mol. The normalized spacial score (nSPS) is 10.7. The largest absolute Gasteiger partial charge is 0.490 e. The molecule has 1 N–H and O–H groups in total. The Labute approximate surface area is 225 Å². The number of aromatic nitrogens is 2. The van der Waals surface area contributed by atoms with Gasteiger partial charge in [0, 0.05) is 11.8 Å². The minimum Gasteiger partial charge on any atom is -0.490 e. The topological polar surface area (TPSA) is 74.6 Å². The van der Waals surface area contributed by atoms with Crippen LogP contribution in [-0.2, 0) is 13.2 Å². The Bertz CT molecular complexity index is 1370. The van der Waals surface area contributed by atoms with E-state index in [9.17, 15) is 4.79 Å². The molecule has 0 fully saturated rings. The van der Waals surface area contributed by atoms with Crippen LogP contribution < -0.4 is 19.5 Å². The van der Waals surface area contributed by atoms with Gasteiger partial charge in [-0.15, -0.1) is 0 Å². The summed E-state index contributed by atoms with van der Waals surface area (Å²) >= 11 is 12.2. The molecule has 0 spiro atoms. The lowest BCUT2D eigenvalue weighted by molar-refractivity contribution is 0.102. The Balaban J connectivity index is 1.38. The van der Waals surface area contributed by atoms with Crippen molar-refractivity contribution in [3.8, 4) is 17.2 Å². The average molecular weight is 540 g/mol. The van der Waals surface area contributed by atoms with Gasteiger partial charge in [0.15, 0.2) is 11.5 Å². The first kappa shape index (κ1) is 26.4. The summed E-state index contributed by atoms with van der Waals surface area (Å²) < 4.78 is 18.9. The smallest absolute Gasteiger partial charge is 0.255 e. The van der Waals surface area contributed by atoms with Crippen molar-refractivity contribution in [1.82, 2.24) is 9.78 Å². The molecule has 4 aromatic rings. The van der Waals surface area contributed by atoms with E-state index < -0.39 is 0 Å². The number of benzene rings is 3. The summed E-state index contributed by atoms with van der Waals surface area (Å²) in [5, 5.41) is 8.05. The molecule has 0 unspecified atom stereocenters. The van der Waals surface area contributed by atoms with Crippen molar-refractivity contribution in [2.45, 2.75) is 27.0 Å². The molecule has 0 saturated carbocycles. The number of nitrogens with one attached hydrogen (secondary N) is 1. The van der Waals surface area contributed by atoms with Gasteiger partial charge >= 0.3 is 0 Å². The molecule has 0 atom stereocenters. The first-order chi connectivity index (χ1) is 18.0. The molecule has 7 nitrogen and oxygen atoms in total. The Morgan fingerprint density at radius 1 is 0.892 bits per heavy atom. The number of rotatable bonds is 11. The van der Waals surface area contributed by atoms with Crippen LogP contribution in [0.1, 0.15) is 35.3 Å². The van der Waals surface area contributed by atoms with E-state index in [1.807, 2.05) is 38.1 Å². The van der Waals surface area contributed by atoms with Gasteiger partial charge in [0.2, 0.25) is 0 Å². The summed E-state index contributed by atoms with van der Waals surface area (Å²) in [6, 6.07) is 18.2. The number of amides is 1. The highest BCUT2D eigenvalue weighted by Crippen LogP contribution is 2.32. The van der Waals surface area contributed by atoms with E-state index in [-0.39, 0.29) is 12.5 Å². The van der Waals surface area contributed by atoms with E-state index in [0.29, 0.717) is 58.3 Å². The zero-order valence-corrected chi connectivity index (χ0v) is 22.1. The Hall–Kier alpha value is -3.68. The van der Waals surface area contributed by atoms with Gasteiger partial charge in [0.25, 0.3) is 5.91 Å². The number of hydrogen-bond acceptors (Lipinski definition) is 5. The van der Waals surface area contributed by atoms with Crippen LogP contribution in [0.2, 0.25) is 10.0 Å². The molecule has 0 aliphatic carbocycles. The molecule has 0 aliphatic rings. The number of nitrogens with zero attached hydrogens (tertiary/aromatic N) is 2. The molecule has 1 amide bonds. The second-order valence-electron chi connectivity index (χ2n) is 8.07. The van der Waals surface area contributed by atoms with Crippen molar-refractivity contribution in [3.05, 3.63) is 99.8 Å². The first-order valence-corrected chi connectivity index (χ1v) is 12.6. The number of anilines is 1. The van der Waals surface area contributed by atoms with Crippen molar-refractivity contribution in [2.24, 2.45) is 0 Å². The Morgan fingerprint density at radius 3 is 2.49 bits per heavy atom. The van der Waals surface area contributed by atoms with Gasteiger partial charge in [0.1, 0.15) is 17.4 Å². The van der Waals surface area contributed by atoms with Crippen LogP contribution in [0.5, 0.6) is 17.2 Å². The maximum absolute atomic E-state index is 12.9. The van der Waals surface area contributed by atoms with Crippen LogP contribution in [0.25, 0.3) is 0 Å². The first-order valence-electron chi connectivity index (χ1n) is 11.8. The highest BCUT2D eigenvalue weighted by molar-refractivity contribution is 6.42. The summed E-state index contributed by atoms with van der Waals surface area (Å²) in [6.45, 7) is 5.73. The third-order valence-corrected chi connectivity index (χ3v) is 6.14. The van der Waals surface area contributed by atoms with Crippen molar-refractivity contribution < 1.29 is 19.0 Å². The lowest BCUT2D eigenvalue weighted by Gasteiger charge is -2.12. The van der Waals surface area contributed by atoms with Crippen LogP contribution in [0.15, 0.2) is 73.1 Å². The Kier molecular flexibility index (Phi) is 8.93. The van der Waals surface area contributed by atoms with Gasteiger partial charge in [-0.25, -0.2) is 0 Å². The quantitative estimate of drug-likeness (QED) is 0.225. The summed E-state index contributed by atoms with van der Waals surface area (Å²) in [5.74, 6) is 1.65. The van der Waals surface area contributed by atoms with E-state index in [4.69, 9.17) is 37.4 Å². The van der Waals surface area contributed by atoms with Crippen LogP contribution in [0, 0.1) is 0 Å². The van der Waals surface area contributed by atoms with Crippen molar-refractivity contribution in [2.75, 3.05) is 18.5 Å². The number of hydrogen-bond donors (Lipinski definition) is 1. The third kappa shape index (κ3) is 6.96. The second-order valence-corrected chi connectivity index (χ2v) is 8.85. The zero-order valence-electron chi connectivity index (χ0n) is 20.5. The van der Waals surface area contributed by atoms with Gasteiger partial charge in [-0.3, -0.25) is 9.48 Å². The van der Waals surface area contributed by atoms with E-state index in [2.05, 4.69) is 10.4 Å². The Morgan fingerprint density at radius 2 is 1.68 bits per heavy atom. The molecule has 37 heavy (non-hydrogen) atoms. The summed E-state index contributed by atoms with van der Waals surface area (Å²) in [6.07, 6.45) is 3.40. The lowest BCUT2D eigenvalue weighted by Crippen LogP contribution is -2.12. The molecule has 3 aromatic carbocycles. The highest BCUT2D eigenvalue weighted by atomic mass is 35.5. The molecule has 1 heterocycles. The maximum atomic E-state index is 12.9. The molecular formula is C28H27Cl2N3O4. The summed E-state index contributed by atoms with van der Waals surface area (Å²) in [7, 11) is 0. The highest BCUT2D eigenvalue weighted by Gasteiger charge is 2.11. The van der Waals surface area contributed by atoms with Crippen LogP contribution >= 0.6 is 23.2 Å². The molecule has 1 aromatic heterocycles. The number of carbonyl (C=O) groups excluding carboxylic acids is 1. The molecule has 0 saturated heterocycles. The van der Waals surface area contributed by atoms with Gasteiger partial charge in [0.05, 0.1) is 36.7 Å². The third-order valence-electron chi connectivity index (χ3n) is 5.34. The van der Waals surface area contributed by atoms with Crippen LogP contribution in [-0.4, -0.2) is 28.9 Å². The molecule has 9 heteroatoms. The van der Waals surface area contributed by atoms with E-state index in [1.54, 1.807) is 53.5 Å². The SMILES string of the molecule is CCOc1ccc(Cn2cc(NC(=O)c3cccc(COc4cccc(Cl)c4Cl)c3)cn2)cc1OCC. The maximum Gasteiger partial charge on any atom is 0.255 e. The van der Waals surface area contributed by atoms with Crippen molar-refractivity contribution in [1.29, 1.82) is 0 Å². The van der Waals surface area contributed by atoms with E-state index >= 15 is 0 Å². The monoisotopic (exact) mass is 539 g/mol. The molecule has 4 rings (SSSR count). The number of carbonyl (C=O) groups is 1. The van der Waals surface area contributed by atoms with Crippen molar-refractivity contribution >= 4 is 34.8 Å². The lowest BCUT2D eigenvalue weighted by atomic mass is 10.1. The van der Waals surface area contributed by atoms with Crippen molar-refractivity contribution in [3.63, 3.8) is 0 Å². The van der Waals surface area contributed by atoms with Gasteiger partial charge in [-0.05, 0) is 61.4 Å². The van der Waals surface area contributed by atoms with Crippen LogP contribution in [0.3, 0.4) is 0 Å². The minimum absolute atomic E-state index is 0.241. The van der Waals surface area contributed by atoms with Crippen LogP contribution in [0.4, 0.5) is 5.69 Å². The number of ether oxygens (including phenoxy) is 3. The molecule has 192 valence electrons. The van der Waals surface area contributed by atoms with E-state index in [0.717, 1.165) is 11.1 Å². The second kappa shape index (κ2) is 12.5. The van der Waals surface area contributed by atoms with Gasteiger partial charge < -0.3 is 19.5 Å². The van der Waals surface area contributed by atoms with Gasteiger partial charge in [-0.2, -0.15) is 5.10 Å². The fraction of sp³-hybridized carbons (Fsp3) is 0.214.